The Labute approximate surface area is 146 Å². The molecule has 0 heterocycles. The lowest BCUT2D eigenvalue weighted by Crippen LogP contribution is -2.33. The number of sulfonamides is 1. The second-order valence-corrected chi connectivity index (χ2v) is 8.67. The molecule has 1 rings (SSSR count). The van der Waals surface area contributed by atoms with Gasteiger partial charge in [0.15, 0.2) is 0 Å². The molecule has 1 amide bonds. The number of nitrogens with zero attached hydrogens (tertiary/aromatic N) is 1. The van der Waals surface area contributed by atoms with Gasteiger partial charge in [-0.3, -0.25) is 9.10 Å². The van der Waals surface area contributed by atoms with Crippen LogP contribution in [-0.4, -0.2) is 33.7 Å². The number of amides is 1. The Morgan fingerprint density at radius 3 is 2.50 bits per heavy atom. The van der Waals surface area contributed by atoms with Gasteiger partial charge in [0.1, 0.15) is 0 Å². The summed E-state index contributed by atoms with van der Waals surface area (Å²) in [5.41, 5.74) is 2.61. The van der Waals surface area contributed by atoms with E-state index in [2.05, 4.69) is 19.2 Å². The minimum atomic E-state index is -3.38. The van der Waals surface area contributed by atoms with Crippen molar-refractivity contribution in [2.45, 2.75) is 47.0 Å². The first-order valence-electron chi connectivity index (χ1n) is 8.43. The molecule has 136 valence electrons. The van der Waals surface area contributed by atoms with Crippen LogP contribution in [0, 0.1) is 19.8 Å². The highest BCUT2D eigenvalue weighted by Crippen LogP contribution is 2.24. The molecule has 0 aliphatic heterocycles. The van der Waals surface area contributed by atoms with Gasteiger partial charge in [-0.25, -0.2) is 8.42 Å². The van der Waals surface area contributed by atoms with Crippen LogP contribution >= 0.6 is 0 Å². The zero-order valence-electron chi connectivity index (χ0n) is 15.4. The third kappa shape index (κ3) is 6.91. The van der Waals surface area contributed by atoms with Crippen LogP contribution in [0.1, 0.15) is 44.2 Å². The number of aryl methyl sites for hydroxylation is 2. The number of hydrogen-bond donors (Lipinski definition) is 1. The predicted octanol–water partition coefficient (Wildman–Crippen LogP) is 3.01. The van der Waals surface area contributed by atoms with Crippen molar-refractivity contribution in [3.8, 4) is 0 Å². The van der Waals surface area contributed by atoms with Crippen LogP contribution in [0.25, 0.3) is 0 Å². The molecule has 1 N–H and O–H groups in total. The monoisotopic (exact) mass is 354 g/mol. The normalized spacial score (nSPS) is 11.6. The predicted molar refractivity (Wildman–Crippen MR) is 99.8 cm³/mol. The molecule has 1 aromatic carbocycles. The topological polar surface area (TPSA) is 66.5 Å². The summed E-state index contributed by atoms with van der Waals surface area (Å²) in [6.07, 6.45) is 2.98. The van der Waals surface area contributed by atoms with Crippen molar-refractivity contribution < 1.29 is 13.2 Å². The Hall–Kier alpha value is -1.56. The average molecular weight is 355 g/mol. The SMILES string of the molecule is Cc1ccc(C)c(N(CCCC(=O)NCCC(C)C)S(C)(=O)=O)c1. The molecule has 0 aromatic heterocycles. The maximum Gasteiger partial charge on any atom is 0.232 e. The number of nitrogens with one attached hydrogen (secondary N) is 1. The Balaban J connectivity index is 2.66. The highest BCUT2D eigenvalue weighted by Gasteiger charge is 2.19. The summed E-state index contributed by atoms with van der Waals surface area (Å²) in [6.45, 7) is 9.03. The first-order chi connectivity index (χ1) is 11.1. The molecule has 5 nitrogen and oxygen atoms in total. The van der Waals surface area contributed by atoms with E-state index >= 15 is 0 Å². The number of benzene rings is 1. The molecule has 0 aliphatic rings. The van der Waals surface area contributed by atoms with Gasteiger partial charge in [0.2, 0.25) is 15.9 Å². The maximum absolute atomic E-state index is 12.1. The highest BCUT2D eigenvalue weighted by molar-refractivity contribution is 7.92. The van der Waals surface area contributed by atoms with Crippen molar-refractivity contribution in [2.75, 3.05) is 23.7 Å². The lowest BCUT2D eigenvalue weighted by Gasteiger charge is -2.24. The van der Waals surface area contributed by atoms with Gasteiger partial charge in [0, 0.05) is 19.5 Å². The summed E-state index contributed by atoms with van der Waals surface area (Å²) in [5.74, 6) is 0.528. The van der Waals surface area contributed by atoms with E-state index in [-0.39, 0.29) is 5.91 Å². The van der Waals surface area contributed by atoms with Gasteiger partial charge in [-0.15, -0.1) is 0 Å². The third-order valence-electron chi connectivity index (χ3n) is 3.84. The van der Waals surface area contributed by atoms with E-state index in [4.69, 9.17) is 0 Å². The molecule has 1 aromatic rings. The molecule has 0 radical (unpaired) electrons. The van der Waals surface area contributed by atoms with Crippen molar-refractivity contribution in [3.63, 3.8) is 0 Å². The molecule has 0 saturated heterocycles. The summed E-state index contributed by atoms with van der Waals surface area (Å²) in [7, 11) is -3.38. The van der Waals surface area contributed by atoms with E-state index in [1.165, 1.54) is 10.6 Å². The number of hydrogen-bond acceptors (Lipinski definition) is 3. The van der Waals surface area contributed by atoms with Crippen molar-refractivity contribution in [1.29, 1.82) is 0 Å². The van der Waals surface area contributed by atoms with Gasteiger partial charge in [-0.2, -0.15) is 0 Å². The van der Waals surface area contributed by atoms with Crippen molar-refractivity contribution in [1.82, 2.24) is 5.32 Å². The summed E-state index contributed by atoms with van der Waals surface area (Å²) < 4.78 is 25.7. The summed E-state index contributed by atoms with van der Waals surface area (Å²) in [4.78, 5) is 11.8. The fourth-order valence-electron chi connectivity index (χ4n) is 2.42. The van der Waals surface area contributed by atoms with Crippen molar-refractivity contribution in [2.24, 2.45) is 5.92 Å². The molecule has 0 fully saturated rings. The van der Waals surface area contributed by atoms with Crippen LogP contribution in [0.2, 0.25) is 0 Å². The lowest BCUT2D eigenvalue weighted by molar-refractivity contribution is -0.121. The Kier molecular flexibility index (Phi) is 7.73. The maximum atomic E-state index is 12.1. The van der Waals surface area contributed by atoms with Gasteiger partial charge in [-0.1, -0.05) is 26.0 Å². The fourth-order valence-corrected chi connectivity index (χ4v) is 3.44. The molecular weight excluding hydrogens is 324 g/mol. The molecule has 24 heavy (non-hydrogen) atoms. The molecule has 6 heteroatoms. The van der Waals surface area contributed by atoms with Gasteiger partial charge in [0.25, 0.3) is 0 Å². The van der Waals surface area contributed by atoms with Gasteiger partial charge in [0.05, 0.1) is 11.9 Å². The molecule has 0 unspecified atom stereocenters. The van der Waals surface area contributed by atoms with Crippen molar-refractivity contribution >= 4 is 21.6 Å². The zero-order chi connectivity index (χ0) is 18.3. The molecule has 0 bridgehead atoms. The minimum Gasteiger partial charge on any atom is -0.356 e. The number of rotatable bonds is 9. The van der Waals surface area contributed by atoms with E-state index in [9.17, 15) is 13.2 Å². The van der Waals surface area contributed by atoms with E-state index in [0.717, 1.165) is 17.5 Å². The average Bonchev–Trinajstić information content (AvgIpc) is 2.45. The smallest absolute Gasteiger partial charge is 0.232 e. The summed E-state index contributed by atoms with van der Waals surface area (Å²) >= 11 is 0. The van der Waals surface area contributed by atoms with Crippen LogP contribution in [0.4, 0.5) is 5.69 Å². The lowest BCUT2D eigenvalue weighted by atomic mass is 10.1. The molecule has 0 saturated carbocycles. The second-order valence-electron chi connectivity index (χ2n) is 6.76. The minimum absolute atomic E-state index is 0.0231. The first-order valence-corrected chi connectivity index (χ1v) is 10.3. The highest BCUT2D eigenvalue weighted by atomic mass is 32.2. The zero-order valence-corrected chi connectivity index (χ0v) is 16.2. The van der Waals surface area contributed by atoms with Gasteiger partial charge >= 0.3 is 0 Å². The van der Waals surface area contributed by atoms with Gasteiger partial charge < -0.3 is 5.32 Å². The van der Waals surface area contributed by atoms with E-state index in [0.29, 0.717) is 37.5 Å². The second kappa shape index (κ2) is 9.06. The van der Waals surface area contributed by atoms with E-state index in [1.807, 2.05) is 32.0 Å². The first kappa shape index (κ1) is 20.5. The van der Waals surface area contributed by atoms with Crippen molar-refractivity contribution in [3.05, 3.63) is 29.3 Å². The van der Waals surface area contributed by atoms with Crippen LogP contribution in [0.15, 0.2) is 18.2 Å². The summed E-state index contributed by atoms with van der Waals surface area (Å²) in [5, 5.41) is 2.88. The summed E-state index contributed by atoms with van der Waals surface area (Å²) in [6, 6.07) is 5.75. The Morgan fingerprint density at radius 1 is 1.25 bits per heavy atom. The number of anilines is 1. The number of carbonyl (C=O) groups excluding carboxylic acids is 1. The van der Waals surface area contributed by atoms with E-state index in [1.54, 1.807) is 0 Å². The van der Waals surface area contributed by atoms with Crippen LogP contribution in [0.5, 0.6) is 0 Å². The Bertz CT molecular complexity index is 654. The molecule has 0 atom stereocenters. The third-order valence-corrected chi connectivity index (χ3v) is 5.02. The van der Waals surface area contributed by atoms with E-state index < -0.39 is 10.0 Å². The van der Waals surface area contributed by atoms with Gasteiger partial charge in [-0.05, 0) is 49.8 Å². The molecular formula is C18H30N2O3S. The molecule has 0 spiro atoms. The quantitative estimate of drug-likeness (QED) is 0.741. The van der Waals surface area contributed by atoms with Crippen LogP contribution in [-0.2, 0) is 14.8 Å². The fraction of sp³-hybridized carbons (Fsp3) is 0.611. The van der Waals surface area contributed by atoms with Crippen LogP contribution < -0.4 is 9.62 Å². The standard InChI is InChI=1S/C18H30N2O3S/c1-14(2)10-11-19-18(21)7-6-12-20(24(5,22)23)17-13-15(3)8-9-16(17)4/h8-9,13-14H,6-7,10-12H2,1-5H3,(H,19,21). The largest absolute Gasteiger partial charge is 0.356 e. The van der Waals surface area contributed by atoms with Crippen LogP contribution in [0.3, 0.4) is 0 Å². The molecule has 0 aliphatic carbocycles. The Morgan fingerprint density at radius 2 is 1.92 bits per heavy atom. The number of carbonyl (C=O) groups is 1.